The Hall–Kier alpha value is -0.180. The molecule has 0 aliphatic rings. The summed E-state index contributed by atoms with van der Waals surface area (Å²) < 4.78 is 11.0. The number of aromatic nitrogens is 1. The van der Waals surface area contributed by atoms with E-state index in [0.717, 1.165) is 10.6 Å². The number of aryl methyl sites for hydroxylation is 2. The molecule has 0 amide bonds. The number of rotatable bonds is 3. The highest BCUT2D eigenvalue weighted by molar-refractivity contribution is 7.57. The molecule has 0 aromatic carbocycles. The number of thiazole rings is 1. The maximum Gasteiger partial charge on any atom is 0.198 e. The average Bonchev–Trinajstić information content (AvgIpc) is 2.29. The van der Waals surface area contributed by atoms with E-state index in [1.165, 1.54) is 6.66 Å². The monoisotopic (exact) mass is 205 g/mol. The second-order valence-electron chi connectivity index (χ2n) is 2.89. The Kier molecular flexibility index (Phi) is 3.04. The quantitative estimate of drug-likeness (QED) is 0.766. The molecule has 0 saturated heterocycles. The van der Waals surface area contributed by atoms with Crippen LogP contribution in [0.15, 0.2) is 5.51 Å². The zero-order valence-electron chi connectivity index (χ0n) is 7.15. The fourth-order valence-electron chi connectivity index (χ4n) is 0.875. The van der Waals surface area contributed by atoms with Gasteiger partial charge in [-0.1, -0.05) is 0 Å². The van der Waals surface area contributed by atoms with Crippen molar-refractivity contribution in [3.63, 3.8) is 0 Å². The van der Waals surface area contributed by atoms with E-state index in [0.29, 0.717) is 12.6 Å². The molecule has 5 heteroatoms. The van der Waals surface area contributed by atoms with Gasteiger partial charge in [0.2, 0.25) is 0 Å². The number of nitrogens with zero attached hydrogens (tertiary/aromatic N) is 1. The van der Waals surface area contributed by atoms with Gasteiger partial charge in [-0.3, -0.25) is 4.57 Å². The van der Waals surface area contributed by atoms with Gasteiger partial charge in [-0.25, -0.2) is 4.98 Å². The normalized spacial score (nSPS) is 15.9. The van der Waals surface area contributed by atoms with Gasteiger partial charge >= 0.3 is 0 Å². The minimum absolute atomic E-state index is 0.357. The van der Waals surface area contributed by atoms with E-state index in [2.05, 4.69) is 4.98 Å². The van der Waals surface area contributed by atoms with Crippen molar-refractivity contribution in [1.82, 2.24) is 4.98 Å². The highest BCUT2D eigenvalue weighted by Gasteiger charge is 2.11. The molecule has 0 aliphatic heterocycles. The molecule has 68 valence electrons. The van der Waals surface area contributed by atoms with Gasteiger partial charge in [0.05, 0.1) is 11.2 Å². The summed E-state index contributed by atoms with van der Waals surface area (Å²) in [4.78, 5) is 14.2. The molecule has 0 aliphatic carbocycles. The lowest BCUT2D eigenvalue weighted by molar-refractivity contribution is 0.484. The van der Waals surface area contributed by atoms with Gasteiger partial charge in [-0.2, -0.15) is 0 Å². The molecular weight excluding hydrogens is 193 g/mol. The van der Waals surface area contributed by atoms with Crippen molar-refractivity contribution < 1.29 is 9.46 Å². The maximum atomic E-state index is 11.0. The first-order chi connectivity index (χ1) is 5.49. The van der Waals surface area contributed by atoms with Crippen molar-refractivity contribution in [1.29, 1.82) is 0 Å². The lowest BCUT2D eigenvalue weighted by Crippen LogP contribution is -1.92. The van der Waals surface area contributed by atoms with Gasteiger partial charge in [0.1, 0.15) is 0 Å². The Bertz CT molecular complexity index is 304. The van der Waals surface area contributed by atoms with Crippen LogP contribution in [0.4, 0.5) is 0 Å². The lowest BCUT2D eigenvalue weighted by Gasteiger charge is -2.02. The van der Waals surface area contributed by atoms with Gasteiger partial charge in [0.25, 0.3) is 0 Å². The van der Waals surface area contributed by atoms with E-state index in [1.54, 1.807) is 16.8 Å². The predicted octanol–water partition coefficient (Wildman–Crippen LogP) is 1.89. The summed E-state index contributed by atoms with van der Waals surface area (Å²) in [6.07, 6.45) is 1.02. The highest BCUT2D eigenvalue weighted by atomic mass is 32.1. The van der Waals surface area contributed by atoms with Crippen molar-refractivity contribution >= 4 is 18.7 Å². The van der Waals surface area contributed by atoms with Gasteiger partial charge in [-0.15, -0.1) is 11.3 Å². The second-order valence-corrected chi connectivity index (χ2v) is 6.37. The van der Waals surface area contributed by atoms with Crippen LogP contribution >= 0.6 is 18.7 Å². The summed E-state index contributed by atoms with van der Waals surface area (Å²) in [5, 5.41) is 0. The fourth-order valence-corrected chi connectivity index (χ4v) is 2.45. The maximum absolute atomic E-state index is 11.0. The fraction of sp³-hybridized carbons (Fsp3) is 0.571. The molecule has 1 rings (SSSR count). The van der Waals surface area contributed by atoms with Gasteiger partial charge < -0.3 is 4.89 Å². The van der Waals surface area contributed by atoms with Crippen LogP contribution in [-0.2, 0) is 11.0 Å². The van der Waals surface area contributed by atoms with Crippen LogP contribution in [0.2, 0.25) is 0 Å². The minimum atomic E-state index is -2.85. The first-order valence-corrected chi connectivity index (χ1v) is 6.84. The Morgan fingerprint density at radius 2 is 2.42 bits per heavy atom. The van der Waals surface area contributed by atoms with E-state index in [1.807, 2.05) is 6.92 Å². The summed E-state index contributed by atoms with van der Waals surface area (Å²) in [5.41, 5.74) is 2.75. The standard InChI is InChI=1S/C7H12NO2PS/c1-6-7(12-5-8-6)3-4-11(2,9)10/h5H,3-4H2,1-2H3,(H,9,10). The third-order valence-corrected chi connectivity index (χ3v) is 3.65. The third-order valence-electron chi connectivity index (χ3n) is 1.60. The Morgan fingerprint density at radius 1 is 1.75 bits per heavy atom. The van der Waals surface area contributed by atoms with Crippen molar-refractivity contribution in [3.05, 3.63) is 16.1 Å². The van der Waals surface area contributed by atoms with Crippen LogP contribution in [0, 0.1) is 6.92 Å². The van der Waals surface area contributed by atoms with E-state index in [4.69, 9.17) is 4.89 Å². The van der Waals surface area contributed by atoms with E-state index in [9.17, 15) is 4.57 Å². The molecule has 1 N–H and O–H groups in total. The Balaban J connectivity index is 2.55. The first kappa shape index (κ1) is 9.90. The molecule has 1 heterocycles. The summed E-state index contributed by atoms with van der Waals surface area (Å²) in [6, 6.07) is 0. The van der Waals surface area contributed by atoms with Crippen LogP contribution in [-0.4, -0.2) is 22.7 Å². The molecule has 1 aromatic heterocycles. The van der Waals surface area contributed by atoms with Crippen LogP contribution < -0.4 is 0 Å². The van der Waals surface area contributed by atoms with E-state index in [-0.39, 0.29) is 0 Å². The van der Waals surface area contributed by atoms with Gasteiger partial charge in [-0.05, 0) is 13.3 Å². The number of hydrogen-bond acceptors (Lipinski definition) is 3. The SMILES string of the molecule is Cc1ncsc1CCP(C)(=O)O. The van der Waals surface area contributed by atoms with Crippen molar-refractivity contribution in [2.24, 2.45) is 0 Å². The zero-order valence-corrected chi connectivity index (χ0v) is 8.86. The van der Waals surface area contributed by atoms with Crippen molar-refractivity contribution in [2.75, 3.05) is 12.8 Å². The molecule has 0 radical (unpaired) electrons. The first-order valence-electron chi connectivity index (χ1n) is 3.67. The molecule has 0 bridgehead atoms. The van der Waals surface area contributed by atoms with E-state index >= 15 is 0 Å². The van der Waals surface area contributed by atoms with E-state index < -0.39 is 7.37 Å². The highest BCUT2D eigenvalue weighted by Crippen LogP contribution is 2.36. The largest absolute Gasteiger partial charge is 0.344 e. The summed E-state index contributed by atoms with van der Waals surface area (Å²) >= 11 is 1.55. The summed E-state index contributed by atoms with van der Waals surface area (Å²) in [7, 11) is -2.85. The number of hydrogen-bond donors (Lipinski definition) is 1. The molecule has 1 unspecified atom stereocenters. The van der Waals surface area contributed by atoms with Crippen LogP contribution in [0.3, 0.4) is 0 Å². The summed E-state index contributed by atoms with van der Waals surface area (Å²) in [5.74, 6) is 0. The van der Waals surface area contributed by atoms with Crippen molar-refractivity contribution in [2.45, 2.75) is 13.3 Å². The Morgan fingerprint density at radius 3 is 2.83 bits per heavy atom. The molecule has 0 spiro atoms. The molecular formula is C7H12NO2PS. The minimum Gasteiger partial charge on any atom is -0.344 e. The molecule has 12 heavy (non-hydrogen) atoms. The molecule has 3 nitrogen and oxygen atoms in total. The third kappa shape index (κ3) is 3.05. The molecule has 1 aromatic rings. The smallest absolute Gasteiger partial charge is 0.198 e. The molecule has 0 fully saturated rings. The van der Waals surface area contributed by atoms with Gasteiger partial charge in [0.15, 0.2) is 7.37 Å². The summed E-state index contributed by atoms with van der Waals surface area (Å²) in [6.45, 7) is 3.31. The van der Waals surface area contributed by atoms with Crippen LogP contribution in [0.25, 0.3) is 0 Å². The lowest BCUT2D eigenvalue weighted by atomic mass is 10.3. The second kappa shape index (κ2) is 3.69. The van der Waals surface area contributed by atoms with Crippen LogP contribution in [0.1, 0.15) is 10.6 Å². The zero-order chi connectivity index (χ0) is 9.19. The average molecular weight is 205 g/mol. The topological polar surface area (TPSA) is 50.2 Å². The van der Waals surface area contributed by atoms with Crippen LogP contribution in [0.5, 0.6) is 0 Å². The predicted molar refractivity (Wildman–Crippen MR) is 51.2 cm³/mol. The Labute approximate surface area is 75.9 Å². The molecule has 1 atom stereocenters. The molecule has 0 saturated carbocycles. The van der Waals surface area contributed by atoms with Crippen molar-refractivity contribution in [3.8, 4) is 0 Å². The van der Waals surface area contributed by atoms with Gasteiger partial charge in [0, 0.05) is 17.7 Å².